The van der Waals surface area contributed by atoms with Gasteiger partial charge in [-0.05, 0) is 24.8 Å². The first-order valence-electron chi connectivity index (χ1n) is 14.4. The summed E-state index contributed by atoms with van der Waals surface area (Å²) >= 11 is 0. The number of nitrogens with zero attached hydrogens (tertiary/aromatic N) is 1. The van der Waals surface area contributed by atoms with E-state index in [0.717, 1.165) is 5.56 Å². The smallest absolute Gasteiger partial charge is 0.312 e. The lowest BCUT2D eigenvalue weighted by atomic mass is 9.91. The van der Waals surface area contributed by atoms with Crippen LogP contribution in [-0.2, 0) is 35.0 Å². The first-order valence-corrected chi connectivity index (χ1v) is 14.4. The number of rotatable bonds is 13. The van der Waals surface area contributed by atoms with Crippen LogP contribution >= 0.6 is 0 Å². The van der Waals surface area contributed by atoms with E-state index in [0.29, 0.717) is 25.6 Å². The molecule has 1 aliphatic heterocycles. The molecule has 1 aliphatic rings. The molecule has 0 unspecified atom stereocenters. The number of pyridine rings is 1. The summed E-state index contributed by atoms with van der Waals surface area (Å²) < 4.78 is 34.3. The summed E-state index contributed by atoms with van der Waals surface area (Å²) in [5, 5.41) is 0. The molecule has 0 spiro atoms. The Bertz CT molecular complexity index is 1170. The minimum atomic E-state index is -0.874. The largest absolute Gasteiger partial charge is 0.493 e. The SMILES string of the molecule is COc1ccnc(C(=O)C[C@H]2COC[C@H](Cc3ccccc3)[C@@H](OCC(C)C)[C@H](C)OC2=O)c1OCOC(=O)C(C)C. The summed E-state index contributed by atoms with van der Waals surface area (Å²) in [5.41, 5.74) is 1.08. The number of Topliss-reactive ketones (excluding diaryl/α,β-unsaturated/α-hetero) is 1. The molecule has 3 rings (SSSR count). The number of carbonyl (C=O) groups excluding carboxylic acids is 3. The van der Waals surface area contributed by atoms with Gasteiger partial charge in [-0.2, -0.15) is 0 Å². The molecule has 1 fully saturated rings. The molecule has 0 N–H and O–H groups in total. The van der Waals surface area contributed by atoms with E-state index in [1.54, 1.807) is 13.8 Å². The maximum atomic E-state index is 13.5. The Labute approximate surface area is 248 Å². The van der Waals surface area contributed by atoms with E-state index < -0.39 is 36.5 Å². The molecule has 0 amide bonds. The quantitative estimate of drug-likeness (QED) is 0.186. The average Bonchev–Trinajstić information content (AvgIpc) is 3.00. The van der Waals surface area contributed by atoms with Crippen LogP contribution in [0.15, 0.2) is 42.6 Å². The fourth-order valence-corrected chi connectivity index (χ4v) is 4.63. The highest BCUT2D eigenvalue weighted by Crippen LogP contribution is 2.32. The van der Waals surface area contributed by atoms with Crippen molar-refractivity contribution in [3.63, 3.8) is 0 Å². The molecule has 1 aromatic carbocycles. The molecule has 0 saturated carbocycles. The number of hydrogen-bond donors (Lipinski definition) is 0. The minimum absolute atomic E-state index is 0.00829. The van der Waals surface area contributed by atoms with E-state index in [1.807, 2.05) is 25.1 Å². The maximum absolute atomic E-state index is 13.5. The van der Waals surface area contributed by atoms with Crippen LogP contribution in [0.3, 0.4) is 0 Å². The number of hydrogen-bond acceptors (Lipinski definition) is 10. The molecule has 2 aromatic rings. The molecule has 1 saturated heterocycles. The zero-order valence-corrected chi connectivity index (χ0v) is 25.4. The fourth-order valence-electron chi connectivity index (χ4n) is 4.63. The van der Waals surface area contributed by atoms with Gasteiger partial charge in [0.2, 0.25) is 6.79 Å². The summed E-state index contributed by atoms with van der Waals surface area (Å²) in [7, 11) is 1.42. The highest BCUT2D eigenvalue weighted by atomic mass is 16.7. The molecule has 10 heteroatoms. The number of cyclic esters (lactones) is 1. The van der Waals surface area contributed by atoms with Gasteiger partial charge in [-0.15, -0.1) is 0 Å². The van der Waals surface area contributed by atoms with Crippen molar-refractivity contribution in [3.05, 3.63) is 53.9 Å². The van der Waals surface area contributed by atoms with Crippen molar-refractivity contribution in [1.82, 2.24) is 4.98 Å². The molecular formula is C32H43NO9. The topological polar surface area (TPSA) is 119 Å². The van der Waals surface area contributed by atoms with Crippen LogP contribution in [0.2, 0.25) is 0 Å². The van der Waals surface area contributed by atoms with Crippen LogP contribution in [0.4, 0.5) is 0 Å². The van der Waals surface area contributed by atoms with Crippen molar-refractivity contribution in [1.29, 1.82) is 0 Å². The van der Waals surface area contributed by atoms with Crippen LogP contribution in [0, 0.1) is 23.7 Å². The van der Waals surface area contributed by atoms with E-state index in [4.69, 9.17) is 28.4 Å². The van der Waals surface area contributed by atoms with E-state index >= 15 is 0 Å². The number of ketones is 1. The lowest BCUT2D eigenvalue weighted by molar-refractivity contribution is -0.163. The molecule has 1 aromatic heterocycles. The summed E-state index contributed by atoms with van der Waals surface area (Å²) in [6.45, 7) is 9.75. The fraction of sp³-hybridized carbons (Fsp3) is 0.562. The van der Waals surface area contributed by atoms with Crippen molar-refractivity contribution in [2.24, 2.45) is 23.7 Å². The summed E-state index contributed by atoms with van der Waals surface area (Å²) in [6.07, 6.45) is 0.914. The number of esters is 2. The van der Waals surface area contributed by atoms with Crippen molar-refractivity contribution < 1.29 is 42.8 Å². The monoisotopic (exact) mass is 585 g/mol. The number of aromatic nitrogens is 1. The Kier molecular flexibility index (Phi) is 12.7. The zero-order chi connectivity index (χ0) is 30.6. The molecule has 42 heavy (non-hydrogen) atoms. The molecule has 10 nitrogen and oxygen atoms in total. The lowest BCUT2D eigenvalue weighted by Crippen LogP contribution is -2.40. The van der Waals surface area contributed by atoms with E-state index in [1.165, 1.54) is 19.4 Å². The Balaban J connectivity index is 1.77. The van der Waals surface area contributed by atoms with Gasteiger partial charge in [0.05, 0.1) is 38.3 Å². The van der Waals surface area contributed by atoms with Gasteiger partial charge in [0, 0.05) is 31.2 Å². The second-order valence-electron chi connectivity index (χ2n) is 11.2. The first-order chi connectivity index (χ1) is 20.1. The second kappa shape index (κ2) is 16.2. The van der Waals surface area contributed by atoms with Gasteiger partial charge >= 0.3 is 11.9 Å². The summed E-state index contributed by atoms with van der Waals surface area (Å²) in [6, 6.07) is 11.6. The summed E-state index contributed by atoms with van der Waals surface area (Å²) in [4.78, 5) is 42.8. The molecule has 0 aliphatic carbocycles. The molecule has 4 atom stereocenters. The Morgan fingerprint density at radius 1 is 1.07 bits per heavy atom. The van der Waals surface area contributed by atoms with Crippen molar-refractivity contribution in [2.45, 2.75) is 59.7 Å². The van der Waals surface area contributed by atoms with Crippen molar-refractivity contribution in [3.8, 4) is 11.5 Å². The summed E-state index contributed by atoms with van der Waals surface area (Å²) in [5.74, 6) is -2.20. The Hall–Kier alpha value is -3.50. The van der Waals surface area contributed by atoms with Gasteiger partial charge < -0.3 is 28.4 Å². The predicted molar refractivity (Wildman–Crippen MR) is 154 cm³/mol. The first kappa shape index (κ1) is 33.0. The van der Waals surface area contributed by atoms with E-state index in [9.17, 15) is 14.4 Å². The van der Waals surface area contributed by atoms with Gasteiger partial charge in [-0.1, -0.05) is 58.0 Å². The number of carbonyl (C=O) groups is 3. The maximum Gasteiger partial charge on any atom is 0.312 e. The molecule has 0 bridgehead atoms. The van der Waals surface area contributed by atoms with Gasteiger partial charge in [-0.3, -0.25) is 14.4 Å². The Morgan fingerprint density at radius 2 is 1.81 bits per heavy atom. The van der Waals surface area contributed by atoms with Crippen LogP contribution in [0.1, 0.15) is 57.1 Å². The van der Waals surface area contributed by atoms with Crippen LogP contribution in [0.5, 0.6) is 11.5 Å². The van der Waals surface area contributed by atoms with Gasteiger partial charge in [-0.25, -0.2) is 4.98 Å². The highest BCUT2D eigenvalue weighted by Gasteiger charge is 2.36. The third kappa shape index (κ3) is 9.52. The number of benzene rings is 1. The highest BCUT2D eigenvalue weighted by molar-refractivity contribution is 5.99. The lowest BCUT2D eigenvalue weighted by Gasteiger charge is -2.31. The van der Waals surface area contributed by atoms with Crippen LogP contribution < -0.4 is 9.47 Å². The standard InChI is InChI=1S/C32H43NO9/c1-20(2)16-39-29-22(5)42-32(36)25(18-38-17-24(29)14-23-10-8-7-9-11-23)15-26(34)28-30(27(37-6)12-13-33-28)40-19-41-31(35)21(3)4/h7-13,20-22,24-25,29H,14-19H2,1-6H3/t22-,24-,25-,29-/m0/s1. The third-order valence-corrected chi connectivity index (χ3v) is 6.84. The predicted octanol–water partition coefficient (Wildman–Crippen LogP) is 4.68. The van der Waals surface area contributed by atoms with Crippen molar-refractivity contribution >= 4 is 17.7 Å². The van der Waals surface area contributed by atoms with Gasteiger partial charge in [0.15, 0.2) is 23.0 Å². The van der Waals surface area contributed by atoms with Crippen LogP contribution in [-0.4, -0.2) is 68.6 Å². The van der Waals surface area contributed by atoms with Crippen molar-refractivity contribution in [2.75, 3.05) is 33.7 Å². The van der Waals surface area contributed by atoms with E-state index in [-0.39, 0.29) is 48.2 Å². The number of ether oxygens (including phenoxy) is 6. The van der Waals surface area contributed by atoms with Gasteiger partial charge in [0.25, 0.3) is 0 Å². The van der Waals surface area contributed by atoms with E-state index in [2.05, 4.69) is 31.0 Å². The molecule has 2 heterocycles. The van der Waals surface area contributed by atoms with Gasteiger partial charge in [0.1, 0.15) is 6.10 Å². The zero-order valence-electron chi connectivity index (χ0n) is 25.4. The van der Waals surface area contributed by atoms with Crippen LogP contribution in [0.25, 0.3) is 0 Å². The second-order valence-corrected chi connectivity index (χ2v) is 11.2. The average molecular weight is 586 g/mol. The molecule has 0 radical (unpaired) electrons. The molecule has 230 valence electrons. The third-order valence-electron chi connectivity index (χ3n) is 6.84. The number of methoxy groups -OCH3 is 1. The normalized spacial score (nSPS) is 21.2. The molecular weight excluding hydrogens is 542 g/mol. The minimum Gasteiger partial charge on any atom is -0.493 e. The Morgan fingerprint density at radius 3 is 2.48 bits per heavy atom.